The van der Waals surface area contributed by atoms with Crippen molar-refractivity contribution in [2.75, 3.05) is 13.7 Å². The number of nitrogens with zero attached hydrogens (tertiary/aromatic N) is 2. The Bertz CT molecular complexity index is 973. The van der Waals surface area contributed by atoms with Gasteiger partial charge in [-0.15, -0.1) is 0 Å². The molecule has 2 aromatic rings. The molecule has 1 aliphatic heterocycles. The van der Waals surface area contributed by atoms with Crippen LogP contribution in [0.1, 0.15) is 32.2 Å². The minimum atomic E-state index is -0.800. The van der Waals surface area contributed by atoms with Crippen LogP contribution in [-0.2, 0) is 24.4 Å². The first-order valence-corrected chi connectivity index (χ1v) is 8.11. The minimum Gasteiger partial charge on any atom is -0.501 e. The van der Waals surface area contributed by atoms with Gasteiger partial charge < -0.3 is 20.5 Å². The zero-order valence-electron chi connectivity index (χ0n) is 14.4. The molecule has 0 aliphatic carbocycles. The van der Waals surface area contributed by atoms with Gasteiger partial charge in [0.05, 0.1) is 13.2 Å². The van der Waals surface area contributed by atoms with Crippen molar-refractivity contribution in [2.24, 2.45) is 0 Å². The van der Waals surface area contributed by atoms with Crippen LogP contribution in [-0.4, -0.2) is 40.1 Å². The number of halogens is 1. The largest absolute Gasteiger partial charge is 0.501 e. The SMILES string of the molecule is CNC(=O)c1cc(F)ccc1CNC(=O)c1nc2n(c(=O)c1O)CCOC2. The van der Waals surface area contributed by atoms with Gasteiger partial charge in [-0.05, 0) is 17.7 Å². The molecule has 0 atom stereocenters. The molecule has 0 bridgehead atoms. The molecule has 27 heavy (non-hydrogen) atoms. The van der Waals surface area contributed by atoms with Crippen LogP contribution in [0.2, 0.25) is 0 Å². The Labute approximate surface area is 152 Å². The summed E-state index contributed by atoms with van der Waals surface area (Å²) < 4.78 is 19.9. The fourth-order valence-corrected chi connectivity index (χ4v) is 2.72. The molecule has 1 aromatic carbocycles. The van der Waals surface area contributed by atoms with Crippen LogP contribution in [0.4, 0.5) is 4.39 Å². The average Bonchev–Trinajstić information content (AvgIpc) is 2.68. The first-order valence-electron chi connectivity index (χ1n) is 8.11. The topological polar surface area (TPSA) is 123 Å². The number of carbonyl (C=O) groups excluding carboxylic acids is 2. The predicted molar refractivity (Wildman–Crippen MR) is 90.8 cm³/mol. The van der Waals surface area contributed by atoms with E-state index in [4.69, 9.17) is 4.74 Å². The second-order valence-corrected chi connectivity index (χ2v) is 5.80. The van der Waals surface area contributed by atoms with Gasteiger partial charge in [0.15, 0.2) is 5.69 Å². The zero-order chi connectivity index (χ0) is 19.6. The smallest absolute Gasteiger partial charge is 0.296 e. The Hall–Kier alpha value is -3.27. The van der Waals surface area contributed by atoms with Crippen molar-refractivity contribution in [1.29, 1.82) is 0 Å². The molecule has 142 valence electrons. The first kappa shape index (κ1) is 18.5. The summed E-state index contributed by atoms with van der Waals surface area (Å²) in [7, 11) is 1.40. The van der Waals surface area contributed by atoms with E-state index >= 15 is 0 Å². The monoisotopic (exact) mass is 376 g/mol. The summed E-state index contributed by atoms with van der Waals surface area (Å²) in [6, 6.07) is 3.58. The van der Waals surface area contributed by atoms with Crippen molar-refractivity contribution in [2.45, 2.75) is 19.7 Å². The highest BCUT2D eigenvalue weighted by atomic mass is 19.1. The van der Waals surface area contributed by atoms with Crippen LogP contribution in [0.15, 0.2) is 23.0 Å². The van der Waals surface area contributed by atoms with Crippen molar-refractivity contribution in [1.82, 2.24) is 20.2 Å². The van der Waals surface area contributed by atoms with Crippen molar-refractivity contribution >= 4 is 11.8 Å². The molecule has 10 heteroatoms. The van der Waals surface area contributed by atoms with E-state index in [0.29, 0.717) is 12.2 Å². The number of hydrogen-bond acceptors (Lipinski definition) is 6. The van der Waals surface area contributed by atoms with Crippen molar-refractivity contribution < 1.29 is 23.8 Å². The fourth-order valence-electron chi connectivity index (χ4n) is 2.72. The lowest BCUT2D eigenvalue weighted by molar-refractivity contribution is 0.0764. The quantitative estimate of drug-likeness (QED) is 0.685. The van der Waals surface area contributed by atoms with Crippen LogP contribution in [0.3, 0.4) is 0 Å². The van der Waals surface area contributed by atoms with Crippen molar-refractivity contribution in [3.05, 3.63) is 57.0 Å². The lowest BCUT2D eigenvalue weighted by atomic mass is 10.1. The molecule has 0 saturated carbocycles. The van der Waals surface area contributed by atoms with E-state index in [1.54, 1.807) is 0 Å². The van der Waals surface area contributed by atoms with Crippen LogP contribution < -0.4 is 16.2 Å². The number of carbonyl (C=O) groups is 2. The maximum atomic E-state index is 13.4. The van der Waals surface area contributed by atoms with Crippen LogP contribution in [0.5, 0.6) is 5.75 Å². The van der Waals surface area contributed by atoms with Crippen LogP contribution in [0, 0.1) is 5.82 Å². The van der Waals surface area contributed by atoms with Crippen LogP contribution in [0.25, 0.3) is 0 Å². The number of rotatable bonds is 4. The Balaban J connectivity index is 1.84. The van der Waals surface area contributed by atoms with Gasteiger partial charge in [0.25, 0.3) is 17.4 Å². The highest BCUT2D eigenvalue weighted by Crippen LogP contribution is 2.15. The predicted octanol–water partition coefficient (Wildman–Crippen LogP) is -0.0922. The number of hydrogen-bond donors (Lipinski definition) is 3. The number of amides is 2. The fraction of sp³-hybridized carbons (Fsp3) is 0.294. The summed E-state index contributed by atoms with van der Waals surface area (Å²) in [4.78, 5) is 40.4. The Morgan fingerprint density at radius 3 is 2.89 bits per heavy atom. The average molecular weight is 376 g/mol. The van der Waals surface area contributed by atoms with E-state index in [1.807, 2.05) is 0 Å². The lowest BCUT2D eigenvalue weighted by Crippen LogP contribution is -2.34. The van der Waals surface area contributed by atoms with Gasteiger partial charge >= 0.3 is 0 Å². The summed E-state index contributed by atoms with van der Waals surface area (Å²) in [6.45, 7) is 0.473. The van der Waals surface area contributed by atoms with Crippen molar-refractivity contribution in [3.63, 3.8) is 0 Å². The molecule has 1 aliphatic rings. The maximum absolute atomic E-state index is 13.4. The molecule has 0 fully saturated rings. The van der Waals surface area contributed by atoms with Gasteiger partial charge in [-0.1, -0.05) is 6.07 Å². The van der Waals surface area contributed by atoms with E-state index in [2.05, 4.69) is 15.6 Å². The van der Waals surface area contributed by atoms with Gasteiger partial charge in [-0.3, -0.25) is 19.0 Å². The third kappa shape index (κ3) is 3.65. The first-order chi connectivity index (χ1) is 12.9. The molecule has 0 unspecified atom stereocenters. The number of aromatic nitrogens is 2. The zero-order valence-corrected chi connectivity index (χ0v) is 14.4. The molecular formula is C17H17FN4O5. The van der Waals surface area contributed by atoms with Gasteiger partial charge in [0.2, 0.25) is 5.75 Å². The van der Waals surface area contributed by atoms with E-state index < -0.39 is 34.6 Å². The van der Waals surface area contributed by atoms with Crippen LogP contribution >= 0.6 is 0 Å². The van der Waals surface area contributed by atoms with Gasteiger partial charge in [-0.25, -0.2) is 9.37 Å². The maximum Gasteiger partial charge on any atom is 0.296 e. The van der Waals surface area contributed by atoms with E-state index in [0.717, 1.165) is 12.1 Å². The van der Waals surface area contributed by atoms with Crippen molar-refractivity contribution in [3.8, 4) is 5.75 Å². The standard InChI is InChI=1S/C17H17FN4O5/c1-19-15(24)11-6-10(18)3-2-9(11)7-20-16(25)13-14(23)17(26)22-4-5-27-8-12(22)21-13/h2-3,6,23H,4-5,7-8H2,1H3,(H,19,24)(H,20,25). The van der Waals surface area contributed by atoms with E-state index in [1.165, 1.54) is 17.7 Å². The van der Waals surface area contributed by atoms with Gasteiger partial charge in [0.1, 0.15) is 18.2 Å². The molecule has 2 amide bonds. The number of aromatic hydroxyl groups is 1. The molecule has 0 spiro atoms. The third-order valence-electron chi connectivity index (χ3n) is 4.11. The number of ether oxygens (including phenoxy) is 1. The molecule has 0 saturated heterocycles. The Morgan fingerprint density at radius 2 is 2.15 bits per heavy atom. The highest BCUT2D eigenvalue weighted by molar-refractivity contribution is 5.96. The third-order valence-corrected chi connectivity index (χ3v) is 4.11. The lowest BCUT2D eigenvalue weighted by Gasteiger charge is -2.19. The Morgan fingerprint density at radius 1 is 1.37 bits per heavy atom. The van der Waals surface area contributed by atoms with Gasteiger partial charge in [0, 0.05) is 19.2 Å². The van der Waals surface area contributed by atoms with Gasteiger partial charge in [-0.2, -0.15) is 0 Å². The summed E-state index contributed by atoms with van der Waals surface area (Å²) >= 11 is 0. The Kier molecular flexibility index (Phi) is 5.17. The normalized spacial score (nSPS) is 13.0. The molecule has 1 aromatic heterocycles. The summed E-state index contributed by atoms with van der Waals surface area (Å²) in [5.74, 6) is -2.42. The summed E-state index contributed by atoms with van der Waals surface area (Å²) in [5.41, 5.74) is -0.725. The molecule has 3 rings (SSSR count). The molecular weight excluding hydrogens is 359 g/mol. The molecule has 3 N–H and O–H groups in total. The number of benzene rings is 1. The molecule has 0 radical (unpaired) electrons. The number of nitrogens with one attached hydrogen (secondary N) is 2. The molecule has 9 nitrogen and oxygen atoms in total. The highest BCUT2D eigenvalue weighted by Gasteiger charge is 2.23. The number of fused-ring (bicyclic) bond motifs is 1. The second-order valence-electron chi connectivity index (χ2n) is 5.80. The second kappa shape index (κ2) is 7.54. The van der Waals surface area contributed by atoms with E-state index in [-0.39, 0.29) is 31.1 Å². The minimum absolute atomic E-state index is 0.0502. The molecule has 2 heterocycles. The van der Waals surface area contributed by atoms with E-state index in [9.17, 15) is 23.9 Å². The summed E-state index contributed by atoms with van der Waals surface area (Å²) in [6.07, 6.45) is 0. The summed E-state index contributed by atoms with van der Waals surface area (Å²) in [5, 5.41) is 14.9.